The number of hydrogen-bond acceptors (Lipinski definition) is 3. The summed E-state index contributed by atoms with van der Waals surface area (Å²) in [6, 6.07) is 0. The van der Waals surface area contributed by atoms with E-state index >= 15 is 0 Å². The van der Waals surface area contributed by atoms with Crippen molar-refractivity contribution < 1.29 is 14.3 Å². The fraction of sp³-hybridized carbons (Fsp3) is 0.818. The maximum Gasteiger partial charge on any atom is 0.411 e. The summed E-state index contributed by atoms with van der Waals surface area (Å²) in [6.07, 6.45) is 1.07. The normalized spacial score (nSPS) is 28.9. The molecule has 0 radical (unpaired) electrons. The number of carbonyl (C=O) groups is 2. The van der Waals surface area contributed by atoms with Gasteiger partial charge < -0.3 is 10.1 Å². The van der Waals surface area contributed by atoms with Gasteiger partial charge in [0, 0.05) is 13.1 Å². The first kappa shape index (κ1) is 11.2. The second-order valence-electron chi connectivity index (χ2n) is 5.42. The minimum absolute atomic E-state index is 0.0374. The average molecular weight is 226 g/mol. The first-order valence-electron chi connectivity index (χ1n) is 5.64. The molecule has 2 amide bonds. The Bertz CT molecular complexity index is 335. The zero-order chi connectivity index (χ0) is 12.0. The summed E-state index contributed by atoms with van der Waals surface area (Å²) in [6.45, 7) is 6.74. The summed E-state index contributed by atoms with van der Waals surface area (Å²) < 4.78 is 5.28. The third-order valence-corrected chi connectivity index (χ3v) is 3.13. The minimum atomic E-state index is -0.609. The molecule has 90 valence electrons. The van der Waals surface area contributed by atoms with Gasteiger partial charge in [-0.2, -0.15) is 0 Å². The molecule has 2 aliphatic heterocycles. The van der Waals surface area contributed by atoms with Gasteiger partial charge in [0.05, 0.1) is 0 Å². The lowest BCUT2D eigenvalue weighted by molar-refractivity contribution is -0.137. The van der Waals surface area contributed by atoms with Crippen molar-refractivity contribution in [2.24, 2.45) is 0 Å². The quantitative estimate of drug-likeness (QED) is 0.667. The minimum Gasteiger partial charge on any atom is -0.444 e. The highest BCUT2D eigenvalue weighted by Crippen LogP contribution is 2.37. The molecule has 0 unspecified atom stereocenters. The van der Waals surface area contributed by atoms with Crippen LogP contribution in [-0.2, 0) is 9.53 Å². The van der Waals surface area contributed by atoms with Crippen LogP contribution in [0.2, 0.25) is 0 Å². The van der Waals surface area contributed by atoms with Crippen molar-refractivity contribution in [3.8, 4) is 0 Å². The SMILES string of the molecule is CC(C)(C)OC(=O)N1CC[C@]12CCNC2=O. The van der Waals surface area contributed by atoms with E-state index in [1.807, 2.05) is 20.8 Å². The van der Waals surface area contributed by atoms with Crippen LogP contribution in [0.1, 0.15) is 33.6 Å². The summed E-state index contributed by atoms with van der Waals surface area (Å²) in [7, 11) is 0. The molecule has 2 aliphatic rings. The van der Waals surface area contributed by atoms with Crippen LogP contribution < -0.4 is 5.32 Å². The number of carbonyl (C=O) groups excluding carboxylic acids is 2. The Morgan fingerprint density at radius 3 is 2.50 bits per heavy atom. The molecule has 0 bridgehead atoms. The fourth-order valence-electron chi connectivity index (χ4n) is 2.23. The highest BCUT2D eigenvalue weighted by Gasteiger charge is 2.56. The Hall–Kier alpha value is -1.26. The highest BCUT2D eigenvalue weighted by atomic mass is 16.6. The Labute approximate surface area is 95.1 Å². The number of nitrogens with zero attached hydrogens (tertiary/aromatic N) is 1. The summed E-state index contributed by atoms with van der Waals surface area (Å²) >= 11 is 0. The van der Waals surface area contributed by atoms with Crippen LogP contribution in [0.3, 0.4) is 0 Å². The number of likely N-dealkylation sites (tertiary alicyclic amines) is 1. The number of hydrogen-bond donors (Lipinski definition) is 1. The van der Waals surface area contributed by atoms with Crippen molar-refractivity contribution in [2.75, 3.05) is 13.1 Å². The average Bonchev–Trinajstić information content (AvgIpc) is 2.43. The van der Waals surface area contributed by atoms with Gasteiger partial charge in [-0.05, 0) is 33.6 Å². The molecule has 2 fully saturated rings. The largest absolute Gasteiger partial charge is 0.444 e. The van der Waals surface area contributed by atoms with Gasteiger partial charge in [-0.15, -0.1) is 0 Å². The Kier molecular flexibility index (Phi) is 2.36. The van der Waals surface area contributed by atoms with Gasteiger partial charge in [0.15, 0.2) is 0 Å². The van der Waals surface area contributed by atoms with Crippen molar-refractivity contribution in [2.45, 2.75) is 44.8 Å². The first-order chi connectivity index (χ1) is 7.35. The third kappa shape index (κ3) is 1.64. The van der Waals surface area contributed by atoms with E-state index < -0.39 is 11.1 Å². The molecule has 1 spiro atoms. The molecule has 0 aliphatic carbocycles. The predicted octanol–water partition coefficient (Wildman–Crippen LogP) is 0.886. The monoisotopic (exact) mass is 226 g/mol. The van der Waals surface area contributed by atoms with Gasteiger partial charge in [0.1, 0.15) is 11.1 Å². The Morgan fingerprint density at radius 1 is 1.44 bits per heavy atom. The maximum atomic E-state index is 11.9. The molecule has 2 rings (SSSR count). The molecule has 5 nitrogen and oxygen atoms in total. The van der Waals surface area contributed by atoms with Gasteiger partial charge in [-0.3, -0.25) is 9.69 Å². The summed E-state index contributed by atoms with van der Waals surface area (Å²) in [5.74, 6) is -0.0374. The molecule has 0 saturated carbocycles. The Balaban J connectivity index is 2.06. The molecule has 2 saturated heterocycles. The molecule has 2 heterocycles. The standard InChI is InChI=1S/C11H18N2O3/c1-10(2,3)16-9(15)13-7-5-11(13)4-6-12-8(11)14/h4-7H2,1-3H3,(H,12,14)/t11-/m0/s1. The second kappa shape index (κ2) is 3.37. The number of nitrogens with one attached hydrogen (secondary N) is 1. The number of rotatable bonds is 0. The van der Waals surface area contributed by atoms with Crippen molar-refractivity contribution in [3.05, 3.63) is 0 Å². The van der Waals surface area contributed by atoms with Crippen molar-refractivity contribution in [1.82, 2.24) is 10.2 Å². The maximum absolute atomic E-state index is 11.9. The summed E-state index contributed by atoms with van der Waals surface area (Å²) in [4.78, 5) is 25.1. The van der Waals surface area contributed by atoms with Crippen molar-refractivity contribution in [3.63, 3.8) is 0 Å². The van der Waals surface area contributed by atoms with Crippen molar-refractivity contribution >= 4 is 12.0 Å². The first-order valence-corrected chi connectivity index (χ1v) is 5.64. The lowest BCUT2D eigenvalue weighted by atomic mass is 9.83. The Morgan fingerprint density at radius 2 is 2.12 bits per heavy atom. The van der Waals surface area contributed by atoms with E-state index in [4.69, 9.17) is 4.74 Å². The van der Waals surface area contributed by atoms with E-state index in [0.717, 1.165) is 6.42 Å². The van der Waals surface area contributed by atoms with E-state index in [2.05, 4.69) is 5.32 Å². The third-order valence-electron chi connectivity index (χ3n) is 3.13. The second-order valence-corrected chi connectivity index (χ2v) is 5.42. The predicted molar refractivity (Wildman–Crippen MR) is 57.9 cm³/mol. The molecule has 5 heteroatoms. The summed E-state index contributed by atoms with van der Waals surface area (Å²) in [5, 5.41) is 2.77. The van der Waals surface area contributed by atoms with E-state index in [0.29, 0.717) is 19.5 Å². The topological polar surface area (TPSA) is 58.6 Å². The van der Waals surface area contributed by atoms with E-state index in [1.165, 1.54) is 0 Å². The van der Waals surface area contributed by atoms with Crippen molar-refractivity contribution in [1.29, 1.82) is 0 Å². The van der Waals surface area contributed by atoms with E-state index in [9.17, 15) is 9.59 Å². The van der Waals surface area contributed by atoms with E-state index in [1.54, 1.807) is 4.90 Å². The zero-order valence-electron chi connectivity index (χ0n) is 10.0. The molecule has 16 heavy (non-hydrogen) atoms. The lowest BCUT2D eigenvalue weighted by Crippen LogP contribution is -2.66. The number of amides is 2. The zero-order valence-corrected chi connectivity index (χ0v) is 10.0. The molecule has 0 aromatic rings. The molecule has 1 N–H and O–H groups in total. The molecule has 0 aromatic carbocycles. The van der Waals surface area contributed by atoms with Gasteiger partial charge in [-0.1, -0.05) is 0 Å². The van der Waals surface area contributed by atoms with Crippen LogP contribution in [-0.4, -0.2) is 41.1 Å². The van der Waals surface area contributed by atoms with Gasteiger partial charge in [0.25, 0.3) is 0 Å². The van der Waals surface area contributed by atoms with Crippen LogP contribution in [0.15, 0.2) is 0 Å². The molecular formula is C11H18N2O3. The van der Waals surface area contributed by atoms with E-state index in [-0.39, 0.29) is 12.0 Å². The van der Waals surface area contributed by atoms with Gasteiger partial charge in [-0.25, -0.2) is 4.79 Å². The van der Waals surface area contributed by atoms with Crippen LogP contribution in [0.4, 0.5) is 4.79 Å². The van der Waals surface area contributed by atoms with Crippen LogP contribution in [0.25, 0.3) is 0 Å². The fourth-order valence-corrected chi connectivity index (χ4v) is 2.23. The van der Waals surface area contributed by atoms with Crippen LogP contribution in [0, 0.1) is 0 Å². The van der Waals surface area contributed by atoms with Crippen LogP contribution in [0.5, 0.6) is 0 Å². The van der Waals surface area contributed by atoms with Crippen LogP contribution >= 0.6 is 0 Å². The molecule has 0 aromatic heterocycles. The lowest BCUT2D eigenvalue weighted by Gasteiger charge is -2.48. The number of ether oxygens (including phenoxy) is 1. The van der Waals surface area contributed by atoms with Gasteiger partial charge >= 0.3 is 6.09 Å². The van der Waals surface area contributed by atoms with Gasteiger partial charge in [0.2, 0.25) is 5.91 Å². The molecule has 1 atom stereocenters. The summed E-state index contributed by atoms with van der Waals surface area (Å²) in [5.41, 5.74) is -1.12. The highest BCUT2D eigenvalue weighted by molar-refractivity contribution is 5.93. The smallest absolute Gasteiger partial charge is 0.411 e. The molecular weight excluding hydrogens is 208 g/mol.